The highest BCUT2D eigenvalue weighted by Crippen LogP contribution is 2.34. The molecule has 18 heteroatoms. The Morgan fingerprint density at radius 2 is 0.886 bits per heavy atom. The van der Waals surface area contributed by atoms with Gasteiger partial charge in [-0.3, -0.25) is 40.5 Å². The Morgan fingerprint density at radius 3 is 1.20 bits per heavy atom. The van der Waals surface area contributed by atoms with Gasteiger partial charge in [0.25, 0.3) is 11.4 Å². The molecule has 0 aliphatic heterocycles. The summed E-state index contributed by atoms with van der Waals surface area (Å²) in [6.45, 7) is 0. The number of benzene rings is 4. The lowest BCUT2D eigenvalue weighted by Crippen LogP contribution is -1.96. The maximum absolute atomic E-state index is 11.9. The summed E-state index contributed by atoms with van der Waals surface area (Å²) in [5, 5.41) is 47.5. The van der Waals surface area contributed by atoms with Crippen LogP contribution < -0.4 is 9.47 Å². The van der Waals surface area contributed by atoms with Crippen LogP contribution in [0.15, 0.2) is 69.5 Å². The molecule has 0 spiro atoms. The number of non-ortho nitro benzene ring substituents is 4. The van der Waals surface area contributed by atoms with Gasteiger partial charge < -0.3 is 28.3 Å². The largest absolute Gasteiger partial charge is 0.493 e. The summed E-state index contributed by atoms with van der Waals surface area (Å²) in [6, 6.07) is 11.8. The van der Waals surface area contributed by atoms with Crippen molar-refractivity contribution >= 4 is 67.1 Å². The number of ether oxygens (including phenoxy) is 2. The van der Waals surface area contributed by atoms with Gasteiger partial charge in [0.15, 0.2) is 22.7 Å². The summed E-state index contributed by atoms with van der Waals surface area (Å²) >= 11 is 0. The third kappa shape index (κ3) is 5.44. The number of nitro benzene ring substituents is 4. The number of hydrogen-bond donors (Lipinski definition) is 2. The fourth-order valence-corrected chi connectivity index (χ4v) is 4.27. The van der Waals surface area contributed by atoms with E-state index in [1.165, 1.54) is 50.6 Å². The van der Waals surface area contributed by atoms with Crippen LogP contribution in [-0.2, 0) is 0 Å². The van der Waals surface area contributed by atoms with Gasteiger partial charge in [0.1, 0.15) is 23.2 Å². The number of aromatic amines is 2. The second kappa shape index (κ2) is 11.3. The van der Waals surface area contributed by atoms with Crippen molar-refractivity contribution in [1.82, 2.24) is 9.97 Å². The number of H-pyrrole nitrogens is 2. The number of nitrogens with zero attached hydrogens (tertiary/aromatic N) is 4. The van der Waals surface area contributed by atoms with Crippen molar-refractivity contribution in [2.45, 2.75) is 0 Å². The maximum Gasteiger partial charge on any atom is 0.318 e. The van der Waals surface area contributed by atoms with Crippen LogP contribution in [0.4, 0.5) is 22.7 Å². The highest BCUT2D eigenvalue weighted by atomic mass is 16.6. The van der Waals surface area contributed by atoms with E-state index in [0.717, 1.165) is 24.3 Å². The van der Waals surface area contributed by atoms with Crippen LogP contribution in [0, 0.1) is 40.5 Å². The smallest absolute Gasteiger partial charge is 0.318 e. The quantitative estimate of drug-likeness (QED) is 0.153. The number of rotatable bonds is 6. The SMILES string of the molecule is COc1cc2ccc1oc1cc([nH]c3ccc(oc4cc([nH]2)c([N+](=O)[O-])cc4[N+](=O)[O-])c(OC)c3)c([N+](=O)[O-])cc1[N+](=O)[O-]. The maximum atomic E-state index is 11.9. The second-order valence-corrected chi connectivity index (χ2v) is 8.89. The highest BCUT2D eigenvalue weighted by Gasteiger charge is 2.23. The molecule has 0 fully saturated rings. The van der Waals surface area contributed by atoms with E-state index in [-0.39, 0.29) is 55.9 Å². The van der Waals surface area contributed by atoms with Crippen molar-refractivity contribution in [3.05, 3.63) is 101 Å². The molecule has 0 radical (unpaired) electrons. The Labute approximate surface area is 242 Å². The summed E-state index contributed by atoms with van der Waals surface area (Å²) in [5.41, 5.74) is -3.51. The molecule has 8 bridgehead atoms. The normalized spacial score (nSPS) is 10.8. The van der Waals surface area contributed by atoms with Gasteiger partial charge in [-0.1, -0.05) is 0 Å². The molecule has 0 amide bonds. The Bertz CT molecular complexity index is 2030. The first-order chi connectivity index (χ1) is 21.0. The minimum atomic E-state index is -0.846. The highest BCUT2D eigenvalue weighted by molar-refractivity contribution is 5.83. The van der Waals surface area contributed by atoms with Crippen LogP contribution in [0.5, 0.6) is 11.5 Å². The van der Waals surface area contributed by atoms with Gasteiger partial charge in [0.05, 0.1) is 33.9 Å². The molecular weight excluding hydrogens is 588 g/mol. The van der Waals surface area contributed by atoms with E-state index < -0.39 is 42.4 Å². The van der Waals surface area contributed by atoms with E-state index in [9.17, 15) is 40.5 Å². The van der Waals surface area contributed by atoms with Crippen molar-refractivity contribution in [2.24, 2.45) is 0 Å². The van der Waals surface area contributed by atoms with Crippen LogP contribution in [0.25, 0.3) is 44.4 Å². The topological polar surface area (TPSA) is 249 Å². The second-order valence-electron chi connectivity index (χ2n) is 8.89. The molecule has 8 rings (SSSR count). The standard InChI is InChI=1S/C26H18N6O12/c1-41-25-7-13-3-5-21(25)43-23-9-16(18(30(35)36)11-19(23)31(37)38)28-14-4-6-22(26(8-14)42-2)44-24-10-15(27-13)17(29(33)34)12-20(24)32(39)40/h3-12,27-28H,1-2H3. The van der Waals surface area contributed by atoms with Gasteiger partial charge in [-0.15, -0.1) is 0 Å². The van der Waals surface area contributed by atoms with Crippen LogP contribution in [0.2, 0.25) is 0 Å². The lowest BCUT2D eigenvalue weighted by molar-refractivity contribution is -0.392. The van der Waals surface area contributed by atoms with Gasteiger partial charge in [0.2, 0.25) is 11.2 Å². The molecule has 0 saturated carbocycles. The molecular formula is C26H18N6O12. The molecule has 4 heterocycles. The van der Waals surface area contributed by atoms with Crippen LogP contribution in [0.3, 0.4) is 0 Å². The Morgan fingerprint density at radius 1 is 0.523 bits per heavy atom. The van der Waals surface area contributed by atoms with Gasteiger partial charge in [0, 0.05) is 35.3 Å². The molecule has 4 aromatic carbocycles. The van der Waals surface area contributed by atoms with Crippen molar-refractivity contribution in [2.75, 3.05) is 14.2 Å². The van der Waals surface area contributed by atoms with Crippen molar-refractivity contribution in [3.63, 3.8) is 0 Å². The first kappa shape index (κ1) is 28.8. The molecule has 2 N–H and O–H groups in total. The van der Waals surface area contributed by atoms with Crippen molar-refractivity contribution in [3.8, 4) is 11.5 Å². The predicted octanol–water partition coefficient (Wildman–Crippen LogP) is 6.60. The Balaban J connectivity index is 2.07. The molecule has 18 nitrogen and oxygen atoms in total. The first-order valence-corrected chi connectivity index (χ1v) is 12.2. The fraction of sp³-hybridized carbons (Fsp3) is 0.0769. The molecule has 224 valence electrons. The third-order valence-corrected chi connectivity index (χ3v) is 6.27. The van der Waals surface area contributed by atoms with Gasteiger partial charge in [-0.2, -0.15) is 0 Å². The molecule has 8 aromatic rings. The van der Waals surface area contributed by atoms with Crippen LogP contribution in [0.1, 0.15) is 0 Å². The third-order valence-electron chi connectivity index (χ3n) is 6.27. The van der Waals surface area contributed by atoms with E-state index in [4.69, 9.17) is 18.3 Å². The summed E-state index contributed by atoms with van der Waals surface area (Å²) < 4.78 is 22.3. The molecule has 0 aliphatic carbocycles. The van der Waals surface area contributed by atoms with Gasteiger partial charge >= 0.3 is 11.4 Å². The number of aromatic nitrogens is 2. The van der Waals surface area contributed by atoms with E-state index in [1.54, 1.807) is 0 Å². The fourth-order valence-electron chi connectivity index (χ4n) is 4.27. The van der Waals surface area contributed by atoms with E-state index in [0.29, 0.717) is 0 Å². The van der Waals surface area contributed by atoms with E-state index >= 15 is 0 Å². The minimum Gasteiger partial charge on any atom is -0.493 e. The average molecular weight is 606 g/mol. The zero-order chi connectivity index (χ0) is 31.7. The molecule has 0 atom stereocenters. The molecule has 44 heavy (non-hydrogen) atoms. The number of nitrogens with one attached hydrogen (secondary N) is 2. The Hall–Kier alpha value is -6.72. The van der Waals surface area contributed by atoms with Crippen molar-refractivity contribution < 1.29 is 38.0 Å². The number of hydrogen-bond acceptors (Lipinski definition) is 12. The molecule has 0 unspecified atom stereocenters. The van der Waals surface area contributed by atoms with Gasteiger partial charge in [-0.25, -0.2) is 0 Å². The molecule has 0 aliphatic rings. The van der Waals surface area contributed by atoms with E-state index in [2.05, 4.69) is 9.97 Å². The lowest BCUT2D eigenvalue weighted by atomic mass is 10.2. The lowest BCUT2D eigenvalue weighted by Gasteiger charge is -2.05. The Kier molecular flexibility index (Phi) is 7.38. The predicted molar refractivity (Wildman–Crippen MR) is 153 cm³/mol. The minimum absolute atomic E-state index is 0.0129. The zero-order valence-corrected chi connectivity index (χ0v) is 22.5. The summed E-state index contributed by atoms with van der Waals surface area (Å²) in [5.74, 6) is 0.0258. The average Bonchev–Trinajstić information content (AvgIpc) is 2.97. The molecule has 4 aromatic heterocycles. The first-order valence-electron chi connectivity index (χ1n) is 12.2. The summed E-state index contributed by atoms with van der Waals surface area (Å²) in [6.07, 6.45) is 0. The monoisotopic (exact) mass is 606 g/mol. The number of nitro groups is 4. The van der Waals surface area contributed by atoms with E-state index in [1.807, 2.05) is 0 Å². The van der Waals surface area contributed by atoms with Crippen LogP contribution >= 0.6 is 0 Å². The van der Waals surface area contributed by atoms with Gasteiger partial charge in [-0.05, 0) is 24.3 Å². The van der Waals surface area contributed by atoms with Crippen LogP contribution in [-0.4, -0.2) is 43.9 Å². The molecule has 0 saturated heterocycles. The summed E-state index contributed by atoms with van der Waals surface area (Å²) in [7, 11) is 2.54. The van der Waals surface area contributed by atoms with Crippen molar-refractivity contribution in [1.29, 1.82) is 0 Å². The summed E-state index contributed by atoms with van der Waals surface area (Å²) in [4.78, 5) is 49.7. The number of methoxy groups -OCH3 is 2. The zero-order valence-electron chi connectivity index (χ0n) is 22.5.